The van der Waals surface area contributed by atoms with Gasteiger partial charge in [-0.2, -0.15) is 0 Å². The molecule has 1 saturated heterocycles. The Labute approximate surface area is 118 Å². The Morgan fingerprint density at radius 2 is 1.95 bits per heavy atom. The van der Waals surface area contributed by atoms with Crippen LogP contribution in [0.3, 0.4) is 0 Å². The minimum Gasteiger partial charge on any atom is -0.348 e. The zero-order chi connectivity index (χ0) is 14.1. The van der Waals surface area contributed by atoms with Crippen LogP contribution in [-0.2, 0) is 11.8 Å². The second-order valence-corrected chi connectivity index (χ2v) is 5.77. The van der Waals surface area contributed by atoms with E-state index in [0.717, 1.165) is 38.8 Å². The minimum absolute atomic E-state index is 0.127. The lowest BCUT2D eigenvalue weighted by Gasteiger charge is -2.32. The van der Waals surface area contributed by atoms with Gasteiger partial charge < -0.3 is 14.8 Å². The highest BCUT2D eigenvalue weighted by Gasteiger charge is 2.35. The first-order valence-electron chi connectivity index (χ1n) is 7.21. The number of carbonyl (C=O) groups is 2. The quantitative estimate of drug-likeness (QED) is 0.876. The van der Waals surface area contributed by atoms with Crippen LogP contribution in [0.4, 0.5) is 0 Å². The van der Waals surface area contributed by atoms with E-state index in [1.165, 1.54) is 0 Å². The van der Waals surface area contributed by atoms with E-state index >= 15 is 0 Å². The molecule has 2 aliphatic rings. The predicted molar refractivity (Wildman–Crippen MR) is 73.0 cm³/mol. The van der Waals surface area contributed by atoms with Crippen molar-refractivity contribution in [2.75, 3.05) is 13.1 Å². The number of likely N-dealkylation sites (tertiary alicyclic amines) is 1. The van der Waals surface area contributed by atoms with Crippen LogP contribution in [-0.4, -0.2) is 45.4 Å². The van der Waals surface area contributed by atoms with Crippen LogP contribution in [0.15, 0.2) is 12.5 Å². The van der Waals surface area contributed by atoms with Gasteiger partial charge in [-0.3, -0.25) is 9.59 Å². The van der Waals surface area contributed by atoms with Crippen LogP contribution in [0.1, 0.15) is 36.2 Å². The fraction of sp³-hybridized carbons (Fsp3) is 0.643. The lowest BCUT2D eigenvalue weighted by atomic mass is 10.0. The second-order valence-electron chi connectivity index (χ2n) is 5.77. The summed E-state index contributed by atoms with van der Waals surface area (Å²) in [5, 5.41) is 3.00. The number of nitrogens with one attached hydrogen (secondary N) is 1. The molecule has 0 unspecified atom stereocenters. The van der Waals surface area contributed by atoms with E-state index in [4.69, 9.17) is 0 Å². The second kappa shape index (κ2) is 5.26. The maximum Gasteiger partial charge on any atom is 0.271 e. The van der Waals surface area contributed by atoms with Gasteiger partial charge in [-0.25, -0.2) is 4.98 Å². The lowest BCUT2D eigenvalue weighted by molar-refractivity contribution is -0.133. The average molecular weight is 276 g/mol. The fourth-order valence-electron chi connectivity index (χ4n) is 2.62. The molecule has 0 aromatic carbocycles. The lowest BCUT2D eigenvalue weighted by Crippen LogP contribution is -2.47. The molecular weight excluding hydrogens is 256 g/mol. The van der Waals surface area contributed by atoms with Crippen molar-refractivity contribution < 1.29 is 9.59 Å². The number of imidazole rings is 1. The summed E-state index contributed by atoms with van der Waals surface area (Å²) in [6, 6.07) is 0.146. The van der Waals surface area contributed by atoms with Crippen molar-refractivity contribution in [3.8, 4) is 0 Å². The van der Waals surface area contributed by atoms with E-state index < -0.39 is 0 Å². The molecule has 1 aliphatic carbocycles. The fourth-order valence-corrected chi connectivity index (χ4v) is 2.62. The number of carbonyl (C=O) groups excluding carboxylic acids is 2. The Balaban J connectivity index is 1.48. The number of aromatic nitrogens is 2. The standard InChI is InChI=1S/C14H20N4O2/c1-17-8-12(15-9-17)13(19)16-11-4-6-18(7-5-11)14(20)10-2-3-10/h8-11H,2-7H2,1H3,(H,16,19). The van der Waals surface area contributed by atoms with Gasteiger partial charge in [0.15, 0.2) is 0 Å². The highest BCUT2D eigenvalue weighted by Crippen LogP contribution is 2.31. The molecule has 1 aliphatic heterocycles. The van der Waals surface area contributed by atoms with Gasteiger partial charge in [-0.05, 0) is 25.7 Å². The molecule has 1 saturated carbocycles. The summed E-state index contributed by atoms with van der Waals surface area (Å²) in [6.45, 7) is 1.50. The van der Waals surface area contributed by atoms with Crippen molar-refractivity contribution in [3.05, 3.63) is 18.2 Å². The monoisotopic (exact) mass is 276 g/mol. The third-order valence-corrected chi connectivity index (χ3v) is 4.01. The molecule has 0 atom stereocenters. The van der Waals surface area contributed by atoms with E-state index in [9.17, 15) is 9.59 Å². The molecule has 0 bridgehead atoms. The third-order valence-electron chi connectivity index (χ3n) is 4.01. The summed E-state index contributed by atoms with van der Waals surface area (Å²) in [7, 11) is 1.84. The van der Waals surface area contributed by atoms with Gasteiger partial charge in [0.05, 0.1) is 6.33 Å². The van der Waals surface area contributed by atoms with E-state index in [-0.39, 0.29) is 17.9 Å². The van der Waals surface area contributed by atoms with Crippen molar-refractivity contribution in [2.45, 2.75) is 31.7 Å². The number of rotatable bonds is 3. The average Bonchev–Trinajstić information content (AvgIpc) is 3.20. The molecule has 2 heterocycles. The van der Waals surface area contributed by atoms with Crippen LogP contribution >= 0.6 is 0 Å². The summed E-state index contributed by atoms with van der Waals surface area (Å²) < 4.78 is 1.76. The van der Waals surface area contributed by atoms with E-state index in [1.54, 1.807) is 17.1 Å². The van der Waals surface area contributed by atoms with E-state index in [0.29, 0.717) is 11.6 Å². The van der Waals surface area contributed by atoms with Gasteiger partial charge in [0, 0.05) is 38.3 Å². The Morgan fingerprint density at radius 3 is 2.50 bits per heavy atom. The molecule has 2 fully saturated rings. The maximum absolute atomic E-state index is 12.0. The Bertz CT molecular complexity index is 513. The molecule has 6 nitrogen and oxygen atoms in total. The van der Waals surface area contributed by atoms with Crippen molar-refractivity contribution in [3.63, 3.8) is 0 Å². The molecule has 6 heteroatoms. The Morgan fingerprint density at radius 1 is 1.25 bits per heavy atom. The number of hydrogen-bond acceptors (Lipinski definition) is 3. The molecule has 108 valence electrons. The predicted octanol–water partition coefficient (Wildman–Crippen LogP) is 0.551. The summed E-state index contributed by atoms with van der Waals surface area (Å²) in [4.78, 5) is 29.9. The highest BCUT2D eigenvalue weighted by atomic mass is 16.2. The molecule has 1 N–H and O–H groups in total. The van der Waals surface area contributed by atoms with Crippen LogP contribution in [0.25, 0.3) is 0 Å². The molecule has 0 spiro atoms. The zero-order valence-electron chi connectivity index (χ0n) is 11.7. The summed E-state index contributed by atoms with van der Waals surface area (Å²) in [6.07, 6.45) is 7.09. The largest absolute Gasteiger partial charge is 0.348 e. The van der Waals surface area contributed by atoms with Crippen molar-refractivity contribution in [1.29, 1.82) is 0 Å². The minimum atomic E-state index is -0.127. The summed E-state index contributed by atoms with van der Waals surface area (Å²) in [5.41, 5.74) is 0.448. The number of piperidine rings is 1. The van der Waals surface area contributed by atoms with Crippen molar-refractivity contribution in [1.82, 2.24) is 19.8 Å². The van der Waals surface area contributed by atoms with Crippen LogP contribution < -0.4 is 5.32 Å². The normalized spacial score (nSPS) is 19.9. The van der Waals surface area contributed by atoms with E-state index in [1.807, 2.05) is 11.9 Å². The van der Waals surface area contributed by atoms with E-state index in [2.05, 4.69) is 10.3 Å². The molecule has 3 rings (SSSR count). The van der Waals surface area contributed by atoms with Gasteiger partial charge in [-0.1, -0.05) is 0 Å². The summed E-state index contributed by atoms with van der Waals surface area (Å²) >= 11 is 0. The van der Waals surface area contributed by atoms with Gasteiger partial charge >= 0.3 is 0 Å². The first-order valence-corrected chi connectivity index (χ1v) is 7.21. The Hall–Kier alpha value is -1.85. The van der Waals surface area contributed by atoms with Crippen molar-refractivity contribution in [2.24, 2.45) is 13.0 Å². The van der Waals surface area contributed by atoms with Crippen LogP contribution in [0.2, 0.25) is 0 Å². The number of nitrogens with zero attached hydrogens (tertiary/aromatic N) is 3. The van der Waals surface area contributed by atoms with Gasteiger partial charge in [-0.15, -0.1) is 0 Å². The molecule has 20 heavy (non-hydrogen) atoms. The van der Waals surface area contributed by atoms with Crippen LogP contribution in [0, 0.1) is 5.92 Å². The van der Waals surface area contributed by atoms with Gasteiger partial charge in [0.1, 0.15) is 5.69 Å². The van der Waals surface area contributed by atoms with Gasteiger partial charge in [0.2, 0.25) is 5.91 Å². The molecular formula is C14H20N4O2. The first-order chi connectivity index (χ1) is 9.63. The first kappa shape index (κ1) is 13.1. The summed E-state index contributed by atoms with van der Waals surface area (Å²) in [5.74, 6) is 0.465. The number of aryl methyl sites for hydroxylation is 1. The molecule has 2 amide bonds. The van der Waals surface area contributed by atoms with Crippen LogP contribution in [0.5, 0.6) is 0 Å². The number of hydrogen-bond donors (Lipinski definition) is 1. The number of amides is 2. The maximum atomic E-state index is 12.0. The third kappa shape index (κ3) is 2.84. The SMILES string of the molecule is Cn1cnc(C(=O)NC2CCN(C(=O)C3CC3)CC2)c1. The van der Waals surface area contributed by atoms with Crippen molar-refractivity contribution >= 4 is 11.8 Å². The Kier molecular flexibility index (Phi) is 3.46. The molecule has 1 aromatic heterocycles. The highest BCUT2D eigenvalue weighted by molar-refractivity contribution is 5.92. The topological polar surface area (TPSA) is 67.2 Å². The van der Waals surface area contributed by atoms with Gasteiger partial charge in [0.25, 0.3) is 5.91 Å². The zero-order valence-corrected chi connectivity index (χ0v) is 11.7. The smallest absolute Gasteiger partial charge is 0.271 e. The molecule has 0 radical (unpaired) electrons. The molecule has 1 aromatic rings.